The van der Waals surface area contributed by atoms with Gasteiger partial charge in [0, 0.05) is 18.7 Å². The Morgan fingerprint density at radius 2 is 1.70 bits per heavy atom. The summed E-state index contributed by atoms with van der Waals surface area (Å²) in [6.45, 7) is 15.3. The highest BCUT2D eigenvalue weighted by atomic mass is 15.1. The number of nitrogens with one attached hydrogen (secondary N) is 2. The normalized spacial score (nSPS) is 13.1. The highest BCUT2D eigenvalue weighted by Crippen LogP contribution is 2.26. The Balaban J connectivity index is 2.79. The lowest BCUT2D eigenvalue weighted by Crippen LogP contribution is -2.25. The monoisotopic (exact) mass is 278 g/mol. The van der Waals surface area contributed by atoms with E-state index >= 15 is 0 Å². The van der Waals surface area contributed by atoms with Crippen LogP contribution in [0, 0.1) is 11.3 Å². The van der Waals surface area contributed by atoms with Gasteiger partial charge in [0.2, 0.25) is 0 Å². The van der Waals surface area contributed by atoms with Gasteiger partial charge in [-0.1, -0.05) is 41.5 Å². The summed E-state index contributed by atoms with van der Waals surface area (Å²) in [4.78, 5) is 8.77. The third-order valence-electron chi connectivity index (χ3n) is 3.90. The van der Waals surface area contributed by atoms with Crippen LogP contribution in [0.3, 0.4) is 0 Å². The van der Waals surface area contributed by atoms with Crippen molar-refractivity contribution in [2.45, 2.75) is 54.4 Å². The van der Waals surface area contributed by atoms with E-state index in [9.17, 15) is 0 Å². The van der Waals surface area contributed by atoms with E-state index in [0.717, 1.165) is 37.6 Å². The van der Waals surface area contributed by atoms with Gasteiger partial charge in [-0.15, -0.1) is 0 Å². The quantitative estimate of drug-likeness (QED) is 0.792. The Morgan fingerprint density at radius 3 is 2.20 bits per heavy atom. The number of hydrogen-bond acceptors (Lipinski definition) is 4. The van der Waals surface area contributed by atoms with E-state index in [-0.39, 0.29) is 0 Å². The molecule has 1 unspecified atom stereocenters. The summed E-state index contributed by atoms with van der Waals surface area (Å²) in [5.41, 5.74) is 1.48. The maximum Gasteiger partial charge on any atom is 0.134 e. The highest BCUT2D eigenvalue weighted by Gasteiger charge is 2.20. The fourth-order valence-corrected chi connectivity index (χ4v) is 1.85. The summed E-state index contributed by atoms with van der Waals surface area (Å²) in [6, 6.07) is 0. The van der Waals surface area contributed by atoms with Crippen LogP contribution in [0.5, 0.6) is 0 Å². The summed E-state index contributed by atoms with van der Waals surface area (Å²) >= 11 is 0. The molecule has 0 saturated carbocycles. The molecule has 20 heavy (non-hydrogen) atoms. The first-order chi connectivity index (χ1) is 9.40. The number of rotatable bonds is 7. The molecule has 1 aromatic heterocycles. The SMILES string of the molecule is CCCNc1ncnc(NCC(C)C(C)(C)C)c1CC. The van der Waals surface area contributed by atoms with Crippen LogP contribution in [0.2, 0.25) is 0 Å². The van der Waals surface area contributed by atoms with Gasteiger partial charge in [-0.2, -0.15) is 0 Å². The van der Waals surface area contributed by atoms with Crippen LogP contribution in [-0.4, -0.2) is 23.1 Å². The van der Waals surface area contributed by atoms with Gasteiger partial charge in [-0.05, 0) is 24.2 Å². The van der Waals surface area contributed by atoms with Crippen LogP contribution in [-0.2, 0) is 6.42 Å². The van der Waals surface area contributed by atoms with Crippen molar-refractivity contribution in [2.75, 3.05) is 23.7 Å². The lowest BCUT2D eigenvalue weighted by Gasteiger charge is -2.28. The summed E-state index contributed by atoms with van der Waals surface area (Å²) in [6.07, 6.45) is 3.66. The topological polar surface area (TPSA) is 49.8 Å². The average Bonchev–Trinajstić information content (AvgIpc) is 2.41. The lowest BCUT2D eigenvalue weighted by atomic mass is 9.82. The molecule has 0 saturated heterocycles. The van der Waals surface area contributed by atoms with Crippen molar-refractivity contribution in [2.24, 2.45) is 11.3 Å². The number of aromatic nitrogens is 2. The van der Waals surface area contributed by atoms with Gasteiger partial charge in [0.1, 0.15) is 18.0 Å². The fourth-order valence-electron chi connectivity index (χ4n) is 1.85. The van der Waals surface area contributed by atoms with Crippen molar-refractivity contribution in [1.29, 1.82) is 0 Å². The molecule has 0 aliphatic heterocycles. The third-order valence-corrected chi connectivity index (χ3v) is 3.90. The first-order valence-corrected chi connectivity index (χ1v) is 7.71. The molecule has 0 amide bonds. The molecule has 1 aromatic rings. The van der Waals surface area contributed by atoms with Crippen LogP contribution in [0.1, 0.15) is 53.5 Å². The zero-order valence-corrected chi connectivity index (χ0v) is 13.9. The van der Waals surface area contributed by atoms with Gasteiger partial charge >= 0.3 is 0 Å². The van der Waals surface area contributed by atoms with Crippen molar-refractivity contribution in [3.8, 4) is 0 Å². The molecule has 0 aromatic carbocycles. The Labute approximate surface area is 123 Å². The molecular weight excluding hydrogens is 248 g/mol. The number of anilines is 2. The zero-order valence-electron chi connectivity index (χ0n) is 13.9. The van der Waals surface area contributed by atoms with Gasteiger partial charge < -0.3 is 10.6 Å². The van der Waals surface area contributed by atoms with Crippen LogP contribution < -0.4 is 10.6 Å². The predicted octanol–water partition coefficient (Wildman–Crippen LogP) is 3.96. The Bertz CT molecular complexity index is 409. The number of hydrogen-bond donors (Lipinski definition) is 2. The van der Waals surface area contributed by atoms with E-state index in [1.54, 1.807) is 6.33 Å². The Morgan fingerprint density at radius 1 is 1.10 bits per heavy atom. The largest absolute Gasteiger partial charge is 0.370 e. The molecule has 4 heteroatoms. The van der Waals surface area contributed by atoms with Crippen LogP contribution in [0.15, 0.2) is 6.33 Å². The van der Waals surface area contributed by atoms with E-state index in [1.807, 2.05) is 0 Å². The van der Waals surface area contributed by atoms with Crippen LogP contribution >= 0.6 is 0 Å². The van der Waals surface area contributed by atoms with Gasteiger partial charge in [-0.25, -0.2) is 9.97 Å². The molecule has 0 spiro atoms. The highest BCUT2D eigenvalue weighted by molar-refractivity contribution is 5.57. The van der Waals surface area contributed by atoms with Crippen molar-refractivity contribution >= 4 is 11.6 Å². The standard InChI is InChI=1S/C16H30N4/c1-7-9-17-14-13(8-2)15(20-11-19-14)18-10-12(3)16(4,5)6/h11-12H,7-10H2,1-6H3,(H2,17,18,19,20). The second-order valence-corrected chi connectivity index (χ2v) is 6.48. The van der Waals surface area contributed by atoms with Crippen molar-refractivity contribution in [1.82, 2.24) is 9.97 Å². The molecule has 114 valence electrons. The predicted molar refractivity (Wildman–Crippen MR) is 87.3 cm³/mol. The van der Waals surface area contributed by atoms with Gasteiger partial charge in [0.05, 0.1) is 0 Å². The van der Waals surface area contributed by atoms with E-state index in [1.165, 1.54) is 5.56 Å². The maximum atomic E-state index is 4.41. The van der Waals surface area contributed by atoms with E-state index in [4.69, 9.17) is 0 Å². The van der Waals surface area contributed by atoms with E-state index < -0.39 is 0 Å². The average molecular weight is 278 g/mol. The van der Waals surface area contributed by atoms with Crippen molar-refractivity contribution < 1.29 is 0 Å². The Hall–Kier alpha value is -1.32. The fraction of sp³-hybridized carbons (Fsp3) is 0.750. The van der Waals surface area contributed by atoms with Crippen molar-refractivity contribution in [3.63, 3.8) is 0 Å². The summed E-state index contributed by atoms with van der Waals surface area (Å²) in [7, 11) is 0. The smallest absolute Gasteiger partial charge is 0.134 e. The van der Waals surface area contributed by atoms with E-state index in [0.29, 0.717) is 11.3 Å². The molecule has 4 nitrogen and oxygen atoms in total. The molecule has 1 heterocycles. The van der Waals surface area contributed by atoms with Crippen molar-refractivity contribution in [3.05, 3.63) is 11.9 Å². The Kier molecular flexibility index (Phi) is 6.24. The third kappa shape index (κ3) is 4.66. The van der Waals surface area contributed by atoms with E-state index in [2.05, 4.69) is 62.1 Å². The zero-order chi connectivity index (χ0) is 15.2. The van der Waals surface area contributed by atoms with Gasteiger partial charge in [0.15, 0.2) is 0 Å². The minimum Gasteiger partial charge on any atom is -0.370 e. The van der Waals surface area contributed by atoms with Crippen LogP contribution in [0.4, 0.5) is 11.6 Å². The summed E-state index contributed by atoms with van der Waals surface area (Å²) in [5.74, 6) is 2.52. The lowest BCUT2D eigenvalue weighted by molar-refractivity contribution is 0.274. The molecule has 0 aliphatic rings. The number of nitrogens with zero attached hydrogens (tertiary/aromatic N) is 2. The molecule has 2 N–H and O–H groups in total. The molecule has 1 atom stereocenters. The minimum absolute atomic E-state index is 0.301. The molecule has 0 fully saturated rings. The summed E-state index contributed by atoms with van der Waals surface area (Å²) < 4.78 is 0. The maximum absolute atomic E-state index is 4.41. The second kappa shape index (κ2) is 7.46. The molecular formula is C16H30N4. The molecule has 1 rings (SSSR count). The summed E-state index contributed by atoms with van der Waals surface area (Å²) in [5, 5.41) is 6.88. The first kappa shape index (κ1) is 16.7. The minimum atomic E-state index is 0.301. The van der Waals surface area contributed by atoms with Gasteiger partial charge in [0.25, 0.3) is 0 Å². The van der Waals surface area contributed by atoms with Crippen LogP contribution in [0.25, 0.3) is 0 Å². The molecule has 0 aliphatic carbocycles. The van der Waals surface area contributed by atoms with Gasteiger partial charge in [-0.3, -0.25) is 0 Å². The second-order valence-electron chi connectivity index (χ2n) is 6.48. The first-order valence-electron chi connectivity index (χ1n) is 7.71. The molecule has 0 bridgehead atoms. The molecule has 0 radical (unpaired) electrons.